The van der Waals surface area contributed by atoms with Crippen molar-refractivity contribution in [1.82, 2.24) is 10.2 Å². The molecule has 1 aliphatic carbocycles. The number of amides is 3. The third-order valence-electron chi connectivity index (χ3n) is 6.05. The van der Waals surface area contributed by atoms with Gasteiger partial charge in [-0.05, 0) is 30.2 Å². The highest BCUT2D eigenvalue weighted by molar-refractivity contribution is 6.09. The quantitative estimate of drug-likeness (QED) is 0.450. The molecule has 1 saturated carbocycles. The number of carbonyl (C=O) groups is 4. The fraction of sp³-hybridized carbons (Fsp3) is 0.545. The molecule has 1 spiro atoms. The number of rotatable bonds is 6. The molecule has 1 aromatic rings. The predicted molar refractivity (Wildman–Crippen MR) is 106 cm³/mol. The summed E-state index contributed by atoms with van der Waals surface area (Å²) in [7, 11) is 0. The summed E-state index contributed by atoms with van der Waals surface area (Å²) in [5, 5.41) is 2.79. The van der Waals surface area contributed by atoms with Crippen molar-refractivity contribution in [2.75, 3.05) is 13.2 Å². The number of hydrogen-bond acceptors (Lipinski definition) is 5. The van der Waals surface area contributed by atoms with E-state index in [-0.39, 0.29) is 17.6 Å². The van der Waals surface area contributed by atoms with Crippen LogP contribution in [-0.4, -0.2) is 47.3 Å². The predicted octanol–water partition coefficient (Wildman–Crippen LogP) is 3.04. The Kier molecular flexibility index (Phi) is 6.05. The van der Waals surface area contributed by atoms with Crippen LogP contribution < -0.4 is 5.32 Å². The van der Waals surface area contributed by atoms with Crippen LogP contribution in [0.5, 0.6) is 0 Å². The normalized spacial score (nSPS) is 24.1. The molecular formula is C22H28N2O5. The Hall–Kier alpha value is -2.70. The van der Waals surface area contributed by atoms with Crippen molar-refractivity contribution in [3.8, 4) is 0 Å². The van der Waals surface area contributed by atoms with E-state index in [1.54, 1.807) is 12.1 Å². The van der Waals surface area contributed by atoms with Gasteiger partial charge in [0.15, 0.2) is 12.4 Å². The molecular weight excluding hydrogens is 372 g/mol. The summed E-state index contributed by atoms with van der Waals surface area (Å²) in [4.78, 5) is 50.5. The lowest BCUT2D eigenvalue weighted by molar-refractivity contribution is -0.147. The van der Waals surface area contributed by atoms with Crippen LogP contribution in [0, 0.1) is 5.92 Å². The topological polar surface area (TPSA) is 92.8 Å². The minimum absolute atomic E-state index is 0.0177. The number of urea groups is 1. The Labute approximate surface area is 170 Å². The second-order valence-corrected chi connectivity index (χ2v) is 8.30. The number of nitrogens with one attached hydrogen (secondary N) is 1. The summed E-state index contributed by atoms with van der Waals surface area (Å²) in [5.74, 6) is -1.10. The largest absolute Gasteiger partial charge is 0.456 e. The first kappa shape index (κ1) is 21.0. The Bertz CT molecular complexity index is 817. The molecule has 3 rings (SSSR count). The third kappa shape index (κ3) is 4.18. The number of Topliss-reactive ketones (excluding diaryl/α,β-unsaturated/α-hetero) is 1. The highest BCUT2D eigenvalue weighted by atomic mass is 16.5. The van der Waals surface area contributed by atoms with Crippen LogP contribution in [0.3, 0.4) is 0 Å². The molecule has 7 nitrogen and oxygen atoms in total. The van der Waals surface area contributed by atoms with E-state index in [2.05, 4.69) is 19.2 Å². The smallest absolute Gasteiger partial charge is 0.326 e. The minimum atomic E-state index is -0.913. The number of benzene rings is 1. The highest BCUT2D eigenvalue weighted by Crippen LogP contribution is 2.38. The molecule has 1 heterocycles. The zero-order chi connectivity index (χ0) is 21.2. The van der Waals surface area contributed by atoms with Gasteiger partial charge in [-0.15, -0.1) is 0 Å². The van der Waals surface area contributed by atoms with Crippen molar-refractivity contribution in [2.45, 2.75) is 57.9 Å². The van der Waals surface area contributed by atoms with Gasteiger partial charge in [0.1, 0.15) is 12.1 Å². The highest BCUT2D eigenvalue weighted by Gasteiger charge is 2.55. The fourth-order valence-corrected chi connectivity index (χ4v) is 4.10. The first-order valence-electron chi connectivity index (χ1n) is 10.2. The van der Waals surface area contributed by atoms with Gasteiger partial charge in [0.25, 0.3) is 5.91 Å². The number of ketones is 1. The number of carbonyl (C=O) groups excluding carboxylic acids is 4. The molecule has 3 amide bonds. The fourth-order valence-electron chi connectivity index (χ4n) is 4.10. The van der Waals surface area contributed by atoms with Crippen molar-refractivity contribution in [3.05, 3.63) is 35.4 Å². The maximum absolute atomic E-state index is 12.9. The molecule has 156 valence electrons. The van der Waals surface area contributed by atoms with Crippen LogP contribution in [0.15, 0.2) is 24.3 Å². The van der Waals surface area contributed by atoms with Gasteiger partial charge in [0.2, 0.25) is 0 Å². The summed E-state index contributed by atoms with van der Waals surface area (Å²) in [6.07, 6.45) is 3.32. The van der Waals surface area contributed by atoms with Gasteiger partial charge in [-0.1, -0.05) is 57.9 Å². The molecule has 0 radical (unpaired) electrons. The van der Waals surface area contributed by atoms with Crippen LogP contribution >= 0.6 is 0 Å². The van der Waals surface area contributed by atoms with Crippen LogP contribution in [0.2, 0.25) is 0 Å². The molecule has 2 atom stereocenters. The standard InChI is InChI=1S/C22H28N2O5/c1-14(2)16-7-9-17(10-8-16)18(25)13-29-19(26)12-24-20(27)22(23-21(24)28)11-5-4-6-15(22)3/h7-10,14-15H,4-6,11-13H2,1-3H3,(H,23,28)/t15-,22+/m0/s1. The molecule has 1 aliphatic heterocycles. The van der Waals surface area contributed by atoms with Crippen molar-refractivity contribution < 1.29 is 23.9 Å². The van der Waals surface area contributed by atoms with Crippen molar-refractivity contribution in [1.29, 1.82) is 0 Å². The summed E-state index contributed by atoms with van der Waals surface area (Å²) < 4.78 is 5.03. The second-order valence-electron chi connectivity index (χ2n) is 8.30. The van der Waals surface area contributed by atoms with Crippen LogP contribution in [-0.2, 0) is 14.3 Å². The number of esters is 1. The lowest BCUT2D eigenvalue weighted by atomic mass is 9.73. The average Bonchev–Trinajstić information content (AvgIpc) is 2.93. The number of hydrogen-bond donors (Lipinski definition) is 1. The maximum Gasteiger partial charge on any atom is 0.326 e. The van der Waals surface area contributed by atoms with Crippen LogP contribution in [0.1, 0.15) is 68.3 Å². The van der Waals surface area contributed by atoms with E-state index in [4.69, 9.17) is 4.74 Å². The monoisotopic (exact) mass is 400 g/mol. The Morgan fingerprint density at radius 3 is 2.52 bits per heavy atom. The molecule has 1 aromatic carbocycles. The molecule has 0 aromatic heterocycles. The van der Waals surface area contributed by atoms with E-state index in [0.717, 1.165) is 29.7 Å². The van der Waals surface area contributed by atoms with Gasteiger partial charge in [0.05, 0.1) is 0 Å². The van der Waals surface area contributed by atoms with Crippen LogP contribution in [0.25, 0.3) is 0 Å². The molecule has 1 N–H and O–H groups in total. The Morgan fingerprint density at radius 2 is 1.90 bits per heavy atom. The Morgan fingerprint density at radius 1 is 1.21 bits per heavy atom. The number of ether oxygens (including phenoxy) is 1. The minimum Gasteiger partial charge on any atom is -0.456 e. The SMILES string of the molecule is CC(C)c1ccc(C(=O)COC(=O)CN2C(=O)N[C@@]3(CCCC[C@@H]3C)C2=O)cc1. The summed E-state index contributed by atoms with van der Waals surface area (Å²) >= 11 is 0. The van der Waals surface area contributed by atoms with Crippen molar-refractivity contribution >= 4 is 23.7 Å². The molecule has 7 heteroatoms. The number of nitrogens with zero attached hydrogens (tertiary/aromatic N) is 1. The van der Waals surface area contributed by atoms with Crippen molar-refractivity contribution in [2.24, 2.45) is 5.92 Å². The Balaban J connectivity index is 1.56. The lowest BCUT2D eigenvalue weighted by Crippen LogP contribution is -2.54. The van der Waals surface area contributed by atoms with Crippen molar-refractivity contribution in [3.63, 3.8) is 0 Å². The summed E-state index contributed by atoms with van der Waals surface area (Å²) in [5.41, 5.74) is 0.652. The van der Waals surface area contributed by atoms with E-state index in [1.165, 1.54) is 0 Å². The zero-order valence-corrected chi connectivity index (χ0v) is 17.2. The van der Waals surface area contributed by atoms with E-state index in [1.807, 2.05) is 19.1 Å². The van der Waals surface area contributed by atoms with E-state index < -0.39 is 30.7 Å². The van der Waals surface area contributed by atoms with E-state index in [9.17, 15) is 19.2 Å². The van der Waals surface area contributed by atoms with E-state index in [0.29, 0.717) is 17.9 Å². The van der Waals surface area contributed by atoms with E-state index >= 15 is 0 Å². The second kappa shape index (κ2) is 8.35. The lowest BCUT2D eigenvalue weighted by Gasteiger charge is -2.36. The summed E-state index contributed by atoms with van der Waals surface area (Å²) in [6, 6.07) is 6.58. The zero-order valence-electron chi connectivity index (χ0n) is 17.2. The number of imide groups is 1. The van der Waals surface area contributed by atoms with Gasteiger partial charge in [-0.25, -0.2) is 4.79 Å². The summed E-state index contributed by atoms with van der Waals surface area (Å²) in [6.45, 7) is 5.16. The maximum atomic E-state index is 12.9. The molecule has 1 saturated heterocycles. The van der Waals surface area contributed by atoms with Gasteiger partial charge in [-0.2, -0.15) is 0 Å². The molecule has 2 fully saturated rings. The molecule has 2 aliphatic rings. The van der Waals surface area contributed by atoms with Gasteiger partial charge >= 0.3 is 12.0 Å². The van der Waals surface area contributed by atoms with Gasteiger partial charge < -0.3 is 10.1 Å². The third-order valence-corrected chi connectivity index (χ3v) is 6.05. The van der Waals surface area contributed by atoms with Gasteiger partial charge in [0, 0.05) is 5.56 Å². The molecule has 29 heavy (non-hydrogen) atoms. The first-order chi connectivity index (χ1) is 13.7. The van der Waals surface area contributed by atoms with Gasteiger partial charge in [-0.3, -0.25) is 19.3 Å². The van der Waals surface area contributed by atoms with Crippen LogP contribution in [0.4, 0.5) is 4.79 Å². The average molecular weight is 400 g/mol. The first-order valence-corrected chi connectivity index (χ1v) is 10.2. The molecule has 0 unspecified atom stereocenters. The molecule has 0 bridgehead atoms.